The maximum absolute atomic E-state index is 10.9. The fraction of sp³-hybridized carbons (Fsp3) is 0.667. The summed E-state index contributed by atoms with van der Waals surface area (Å²) >= 11 is 0. The van der Waals surface area contributed by atoms with Crippen LogP contribution in [0.25, 0.3) is 0 Å². The number of amides is 1. The topological polar surface area (TPSA) is 116 Å². The quantitative estimate of drug-likeness (QED) is 0.651. The Hall–Kier alpha value is -1.82. The number of nitrogens with two attached hydrogens (primary N) is 1. The van der Waals surface area contributed by atoms with Crippen molar-refractivity contribution in [3.63, 3.8) is 0 Å². The van der Waals surface area contributed by atoms with Crippen molar-refractivity contribution in [2.24, 2.45) is 11.7 Å². The fourth-order valence-electron chi connectivity index (χ4n) is 1.23. The van der Waals surface area contributed by atoms with E-state index in [0.29, 0.717) is 6.42 Å². The summed E-state index contributed by atoms with van der Waals surface area (Å²) in [5, 5.41) is 18.2. The summed E-state index contributed by atoms with van der Waals surface area (Å²) < 4.78 is 31.7. The first-order valence-electron chi connectivity index (χ1n) is 4.91. The minimum atomic E-state index is -5.08. The van der Waals surface area contributed by atoms with Crippen LogP contribution in [0.1, 0.15) is 12.8 Å². The van der Waals surface area contributed by atoms with Gasteiger partial charge in [-0.1, -0.05) is 0 Å². The molecule has 102 valence electrons. The summed E-state index contributed by atoms with van der Waals surface area (Å²) in [4.78, 5) is 19.8. The third-order valence-electron chi connectivity index (χ3n) is 2.11. The van der Waals surface area contributed by atoms with Gasteiger partial charge in [-0.3, -0.25) is 4.79 Å². The largest absolute Gasteiger partial charge is 0.490 e. The van der Waals surface area contributed by atoms with E-state index in [4.69, 9.17) is 20.9 Å². The first-order valence-corrected chi connectivity index (χ1v) is 4.91. The molecule has 0 radical (unpaired) electrons. The van der Waals surface area contributed by atoms with E-state index in [1.165, 1.54) is 0 Å². The first kappa shape index (κ1) is 16.2. The predicted molar refractivity (Wildman–Crippen MR) is 53.0 cm³/mol. The Morgan fingerprint density at radius 1 is 1.67 bits per heavy atom. The molecule has 4 N–H and O–H groups in total. The Morgan fingerprint density at radius 2 is 2.17 bits per heavy atom. The number of rotatable bonds is 2. The lowest BCUT2D eigenvalue weighted by atomic mass is 10.00. The van der Waals surface area contributed by atoms with Crippen molar-refractivity contribution in [1.82, 2.24) is 5.32 Å². The third kappa shape index (κ3) is 6.05. The molecule has 0 aliphatic carbocycles. The number of nitrogens with zero attached hydrogens (tertiary/aromatic N) is 1. The van der Waals surface area contributed by atoms with E-state index in [-0.39, 0.29) is 11.8 Å². The molecule has 0 spiro atoms. The first-order chi connectivity index (χ1) is 8.18. The molecule has 9 heteroatoms. The van der Waals surface area contributed by atoms with Crippen molar-refractivity contribution in [3.8, 4) is 6.07 Å². The molecule has 1 heterocycles. The van der Waals surface area contributed by atoms with Crippen LogP contribution >= 0.6 is 0 Å². The Balaban J connectivity index is 0.000000360. The van der Waals surface area contributed by atoms with Gasteiger partial charge in [0.25, 0.3) is 0 Å². The molecule has 1 fully saturated rings. The molecule has 1 amide bonds. The maximum atomic E-state index is 10.9. The average molecular weight is 267 g/mol. The van der Waals surface area contributed by atoms with Crippen LogP contribution in [0.3, 0.4) is 0 Å². The van der Waals surface area contributed by atoms with Gasteiger partial charge in [0.05, 0.1) is 12.1 Å². The maximum Gasteiger partial charge on any atom is 0.490 e. The molecule has 0 aromatic carbocycles. The zero-order valence-electron chi connectivity index (χ0n) is 9.20. The summed E-state index contributed by atoms with van der Waals surface area (Å²) in [6, 6.07) is 1.41. The van der Waals surface area contributed by atoms with Crippen molar-refractivity contribution in [2.45, 2.75) is 25.1 Å². The summed E-state index contributed by atoms with van der Waals surface area (Å²) in [7, 11) is 0. The molecule has 2 unspecified atom stereocenters. The smallest absolute Gasteiger partial charge is 0.475 e. The Kier molecular flexibility index (Phi) is 6.12. The van der Waals surface area contributed by atoms with Crippen LogP contribution in [-0.2, 0) is 9.59 Å². The summed E-state index contributed by atoms with van der Waals surface area (Å²) in [5.74, 6) is -2.76. The number of carboxylic acid groups (broad SMARTS) is 1. The van der Waals surface area contributed by atoms with Gasteiger partial charge in [-0.05, 0) is 12.8 Å². The van der Waals surface area contributed by atoms with Crippen molar-refractivity contribution < 1.29 is 27.9 Å². The van der Waals surface area contributed by atoms with Crippen LogP contribution in [-0.4, -0.2) is 35.7 Å². The molecule has 1 aliphatic heterocycles. The van der Waals surface area contributed by atoms with E-state index >= 15 is 0 Å². The molecule has 0 aromatic rings. The number of carbonyl (C=O) groups is 2. The van der Waals surface area contributed by atoms with Gasteiger partial charge in [0.1, 0.15) is 0 Å². The normalized spacial score (nSPS) is 20.2. The standard InChI is InChI=1S/C7H11N3O.C2HF3O2/c8-4-6(9)3-5-1-2-10-7(5)11;3-2(4,5)1(6)7/h5-6H,1-3,9H2,(H,10,11);(H,6,7). The average Bonchev–Trinajstić information content (AvgIpc) is 2.64. The van der Waals surface area contributed by atoms with E-state index in [1.807, 2.05) is 6.07 Å². The van der Waals surface area contributed by atoms with E-state index in [1.54, 1.807) is 0 Å². The molecule has 2 atom stereocenters. The number of halogens is 3. The lowest BCUT2D eigenvalue weighted by Crippen LogP contribution is -2.26. The minimum absolute atomic E-state index is 0.0374. The zero-order chi connectivity index (χ0) is 14.3. The molecule has 0 saturated carbocycles. The number of nitriles is 1. The third-order valence-corrected chi connectivity index (χ3v) is 2.11. The minimum Gasteiger partial charge on any atom is -0.475 e. The van der Waals surface area contributed by atoms with Crippen molar-refractivity contribution in [2.75, 3.05) is 6.54 Å². The van der Waals surface area contributed by atoms with Gasteiger partial charge >= 0.3 is 12.1 Å². The lowest BCUT2D eigenvalue weighted by molar-refractivity contribution is -0.192. The molecule has 6 nitrogen and oxygen atoms in total. The molecule has 18 heavy (non-hydrogen) atoms. The van der Waals surface area contributed by atoms with Gasteiger partial charge < -0.3 is 16.2 Å². The van der Waals surface area contributed by atoms with Gasteiger partial charge in [-0.2, -0.15) is 18.4 Å². The highest BCUT2D eigenvalue weighted by atomic mass is 19.4. The van der Waals surface area contributed by atoms with Crippen LogP contribution in [0.4, 0.5) is 13.2 Å². The molecule has 1 rings (SSSR count). The van der Waals surface area contributed by atoms with Gasteiger partial charge in [0.15, 0.2) is 0 Å². The van der Waals surface area contributed by atoms with Crippen molar-refractivity contribution in [3.05, 3.63) is 0 Å². The Bertz CT molecular complexity index is 351. The summed E-state index contributed by atoms with van der Waals surface area (Å²) in [5.41, 5.74) is 5.37. The van der Waals surface area contributed by atoms with Crippen LogP contribution in [0.5, 0.6) is 0 Å². The number of carbonyl (C=O) groups excluding carboxylic acids is 1. The van der Waals surface area contributed by atoms with E-state index < -0.39 is 18.2 Å². The zero-order valence-corrected chi connectivity index (χ0v) is 9.20. The number of aliphatic carboxylic acids is 1. The fourth-order valence-corrected chi connectivity index (χ4v) is 1.23. The van der Waals surface area contributed by atoms with Crippen LogP contribution in [0.15, 0.2) is 0 Å². The number of carboxylic acids is 1. The van der Waals surface area contributed by atoms with Gasteiger partial charge in [0, 0.05) is 12.5 Å². The second-order valence-electron chi connectivity index (χ2n) is 3.55. The number of alkyl halides is 3. The predicted octanol–water partition coefficient (Wildman–Crippen LogP) is -0.00322. The summed E-state index contributed by atoms with van der Waals surface area (Å²) in [6.45, 7) is 0.724. The SMILES string of the molecule is N#CC(N)CC1CCNC1=O.O=C(O)C(F)(F)F. The Labute approximate surface area is 101 Å². The molecular weight excluding hydrogens is 255 g/mol. The lowest BCUT2D eigenvalue weighted by Gasteiger charge is -2.06. The monoisotopic (exact) mass is 267 g/mol. The molecule has 1 aliphatic rings. The molecule has 0 aromatic heterocycles. The highest BCUT2D eigenvalue weighted by molar-refractivity contribution is 5.80. The highest BCUT2D eigenvalue weighted by Gasteiger charge is 2.38. The van der Waals surface area contributed by atoms with Crippen LogP contribution in [0, 0.1) is 17.2 Å². The van der Waals surface area contributed by atoms with Crippen molar-refractivity contribution in [1.29, 1.82) is 5.26 Å². The second-order valence-corrected chi connectivity index (χ2v) is 3.55. The number of nitrogens with one attached hydrogen (secondary N) is 1. The highest BCUT2D eigenvalue weighted by Crippen LogP contribution is 2.14. The van der Waals surface area contributed by atoms with E-state index in [2.05, 4.69) is 5.32 Å². The molecule has 0 bridgehead atoms. The van der Waals surface area contributed by atoms with Crippen LogP contribution < -0.4 is 11.1 Å². The van der Waals surface area contributed by atoms with E-state index in [0.717, 1.165) is 13.0 Å². The second kappa shape index (κ2) is 6.80. The van der Waals surface area contributed by atoms with Crippen LogP contribution in [0.2, 0.25) is 0 Å². The number of hydrogen-bond acceptors (Lipinski definition) is 4. The van der Waals surface area contributed by atoms with Crippen molar-refractivity contribution >= 4 is 11.9 Å². The molecular formula is C9H12F3N3O3. The van der Waals surface area contributed by atoms with Gasteiger partial charge in [-0.15, -0.1) is 0 Å². The van der Waals surface area contributed by atoms with Gasteiger partial charge in [0.2, 0.25) is 5.91 Å². The Morgan fingerprint density at radius 3 is 2.44 bits per heavy atom. The summed E-state index contributed by atoms with van der Waals surface area (Å²) in [6.07, 6.45) is -3.78. The molecule has 1 saturated heterocycles. The van der Waals surface area contributed by atoms with E-state index in [9.17, 15) is 18.0 Å². The number of hydrogen-bond donors (Lipinski definition) is 3. The van der Waals surface area contributed by atoms with Gasteiger partial charge in [-0.25, -0.2) is 4.79 Å².